The van der Waals surface area contributed by atoms with Crippen molar-refractivity contribution in [2.24, 2.45) is 0 Å². The average Bonchev–Trinajstić information content (AvgIpc) is 2.89. The molecular weight excluding hydrogens is 255 g/mol. The van der Waals surface area contributed by atoms with Gasteiger partial charge in [-0.15, -0.1) is 0 Å². The van der Waals surface area contributed by atoms with E-state index in [2.05, 4.69) is 18.9 Å². The minimum absolute atomic E-state index is 0.254. The maximum atomic E-state index is 12.8. The summed E-state index contributed by atoms with van der Waals surface area (Å²) < 4.78 is 14.7. The van der Waals surface area contributed by atoms with Crippen molar-refractivity contribution in [3.8, 4) is 0 Å². The van der Waals surface area contributed by atoms with Crippen molar-refractivity contribution in [1.82, 2.24) is 9.78 Å². The van der Waals surface area contributed by atoms with Crippen LogP contribution in [-0.4, -0.2) is 21.0 Å². The lowest BCUT2D eigenvalue weighted by Crippen LogP contribution is -2.15. The topological polar surface area (TPSA) is 38.0 Å². The Kier molecular flexibility index (Phi) is 4.90. The number of hydrogen-bond acceptors (Lipinski definition) is 2. The third kappa shape index (κ3) is 3.90. The molecule has 0 bridgehead atoms. The molecule has 2 rings (SSSR count). The van der Waals surface area contributed by atoms with Gasteiger partial charge in [-0.3, -0.25) is 4.68 Å². The van der Waals surface area contributed by atoms with Gasteiger partial charge in [-0.1, -0.05) is 19.1 Å². The Balaban J connectivity index is 1.92. The number of aliphatic hydroxyl groups excluding tert-OH is 1. The first-order valence-electron chi connectivity index (χ1n) is 7.05. The third-order valence-electron chi connectivity index (χ3n) is 3.54. The molecule has 2 atom stereocenters. The second kappa shape index (κ2) is 6.66. The zero-order chi connectivity index (χ0) is 14.5. The van der Waals surface area contributed by atoms with E-state index in [-0.39, 0.29) is 5.82 Å². The highest BCUT2D eigenvalue weighted by Crippen LogP contribution is 2.12. The van der Waals surface area contributed by atoms with Crippen molar-refractivity contribution in [2.75, 3.05) is 0 Å². The molecule has 0 amide bonds. The van der Waals surface area contributed by atoms with Crippen LogP contribution in [0, 0.1) is 5.82 Å². The fourth-order valence-corrected chi connectivity index (χ4v) is 2.12. The van der Waals surface area contributed by atoms with Gasteiger partial charge in [0.05, 0.1) is 11.8 Å². The largest absolute Gasteiger partial charge is 0.392 e. The summed E-state index contributed by atoms with van der Waals surface area (Å²) in [5, 5.41) is 14.6. The first kappa shape index (κ1) is 14.7. The Labute approximate surface area is 119 Å². The van der Waals surface area contributed by atoms with Crippen LogP contribution in [0.2, 0.25) is 0 Å². The maximum Gasteiger partial charge on any atom is 0.123 e. The van der Waals surface area contributed by atoms with Crippen molar-refractivity contribution in [1.29, 1.82) is 0 Å². The first-order valence-corrected chi connectivity index (χ1v) is 7.05. The predicted molar refractivity (Wildman–Crippen MR) is 77.0 cm³/mol. The van der Waals surface area contributed by atoms with Gasteiger partial charge in [-0.05, 0) is 43.5 Å². The molecular formula is C16H21FN2O. The summed E-state index contributed by atoms with van der Waals surface area (Å²) in [6.07, 6.45) is 3.51. The lowest BCUT2D eigenvalue weighted by Gasteiger charge is -2.10. The van der Waals surface area contributed by atoms with Gasteiger partial charge >= 0.3 is 0 Å². The highest BCUT2D eigenvalue weighted by molar-refractivity contribution is 5.17. The van der Waals surface area contributed by atoms with E-state index in [0.717, 1.165) is 17.7 Å². The SMILES string of the molecule is CCC(C)n1ccc(CC(O)Cc2ccc(F)cc2)n1. The van der Waals surface area contributed by atoms with Gasteiger partial charge < -0.3 is 5.11 Å². The summed E-state index contributed by atoms with van der Waals surface area (Å²) in [6.45, 7) is 4.24. The third-order valence-corrected chi connectivity index (χ3v) is 3.54. The fraction of sp³-hybridized carbons (Fsp3) is 0.438. The minimum Gasteiger partial charge on any atom is -0.392 e. The molecule has 0 fully saturated rings. The van der Waals surface area contributed by atoms with Gasteiger partial charge in [-0.25, -0.2) is 4.39 Å². The van der Waals surface area contributed by atoms with Crippen molar-refractivity contribution < 1.29 is 9.50 Å². The molecule has 0 aliphatic carbocycles. The van der Waals surface area contributed by atoms with Gasteiger partial charge in [0, 0.05) is 18.7 Å². The first-order chi connectivity index (χ1) is 9.58. The summed E-state index contributed by atoms with van der Waals surface area (Å²) in [7, 11) is 0. The van der Waals surface area contributed by atoms with Crippen LogP contribution in [0.3, 0.4) is 0 Å². The molecule has 1 heterocycles. The number of rotatable bonds is 6. The van der Waals surface area contributed by atoms with E-state index in [4.69, 9.17) is 0 Å². The van der Waals surface area contributed by atoms with Crippen molar-refractivity contribution in [3.63, 3.8) is 0 Å². The number of halogens is 1. The monoisotopic (exact) mass is 276 g/mol. The second-order valence-electron chi connectivity index (χ2n) is 5.23. The standard InChI is InChI=1S/C16H21FN2O/c1-3-12(2)19-9-8-15(18-19)11-16(20)10-13-4-6-14(17)7-5-13/h4-9,12,16,20H,3,10-11H2,1-2H3. The summed E-state index contributed by atoms with van der Waals surface area (Å²) in [6, 6.07) is 8.56. The van der Waals surface area contributed by atoms with E-state index in [1.165, 1.54) is 12.1 Å². The number of aromatic nitrogens is 2. The zero-order valence-corrected chi connectivity index (χ0v) is 12.0. The van der Waals surface area contributed by atoms with Crippen LogP contribution in [0.5, 0.6) is 0 Å². The van der Waals surface area contributed by atoms with Gasteiger partial charge in [0.2, 0.25) is 0 Å². The number of aliphatic hydroxyl groups is 1. The Hall–Kier alpha value is -1.68. The Bertz CT molecular complexity index is 536. The molecule has 0 aliphatic rings. The van der Waals surface area contributed by atoms with Crippen molar-refractivity contribution >= 4 is 0 Å². The van der Waals surface area contributed by atoms with E-state index in [9.17, 15) is 9.50 Å². The van der Waals surface area contributed by atoms with E-state index in [0.29, 0.717) is 18.9 Å². The molecule has 108 valence electrons. The van der Waals surface area contributed by atoms with Gasteiger partial charge in [-0.2, -0.15) is 5.10 Å². The second-order valence-corrected chi connectivity index (χ2v) is 5.23. The molecule has 2 unspecified atom stereocenters. The highest BCUT2D eigenvalue weighted by atomic mass is 19.1. The number of hydrogen-bond donors (Lipinski definition) is 1. The summed E-state index contributed by atoms with van der Waals surface area (Å²) in [5.74, 6) is -0.254. The highest BCUT2D eigenvalue weighted by Gasteiger charge is 2.11. The summed E-state index contributed by atoms with van der Waals surface area (Å²) in [5.41, 5.74) is 1.82. The fourth-order valence-electron chi connectivity index (χ4n) is 2.12. The molecule has 1 N–H and O–H groups in total. The Morgan fingerprint density at radius 3 is 2.55 bits per heavy atom. The van der Waals surface area contributed by atoms with E-state index < -0.39 is 6.10 Å². The van der Waals surface area contributed by atoms with Crippen LogP contribution in [0.1, 0.15) is 37.6 Å². The van der Waals surface area contributed by atoms with Crippen LogP contribution < -0.4 is 0 Å². The lowest BCUT2D eigenvalue weighted by atomic mass is 10.0. The van der Waals surface area contributed by atoms with Crippen LogP contribution in [-0.2, 0) is 12.8 Å². The van der Waals surface area contributed by atoms with Crippen LogP contribution in [0.25, 0.3) is 0 Å². The summed E-state index contributed by atoms with van der Waals surface area (Å²) >= 11 is 0. The molecule has 3 nitrogen and oxygen atoms in total. The molecule has 0 aliphatic heterocycles. The van der Waals surface area contributed by atoms with Gasteiger partial charge in [0.25, 0.3) is 0 Å². The van der Waals surface area contributed by atoms with Crippen LogP contribution in [0.4, 0.5) is 4.39 Å². The maximum absolute atomic E-state index is 12.8. The smallest absolute Gasteiger partial charge is 0.123 e. The summed E-state index contributed by atoms with van der Waals surface area (Å²) in [4.78, 5) is 0. The molecule has 20 heavy (non-hydrogen) atoms. The molecule has 4 heteroatoms. The minimum atomic E-state index is -0.499. The van der Waals surface area contributed by atoms with E-state index >= 15 is 0 Å². The molecule has 1 aromatic carbocycles. The quantitative estimate of drug-likeness (QED) is 0.880. The van der Waals surface area contributed by atoms with E-state index in [1.54, 1.807) is 12.1 Å². The number of benzene rings is 1. The van der Waals surface area contributed by atoms with E-state index in [1.807, 2.05) is 16.9 Å². The molecule has 0 saturated carbocycles. The Morgan fingerprint density at radius 1 is 1.20 bits per heavy atom. The molecule has 0 spiro atoms. The van der Waals surface area contributed by atoms with Crippen LogP contribution >= 0.6 is 0 Å². The Morgan fingerprint density at radius 2 is 1.90 bits per heavy atom. The van der Waals surface area contributed by atoms with Crippen molar-refractivity contribution in [3.05, 3.63) is 53.6 Å². The molecule has 2 aromatic rings. The zero-order valence-electron chi connectivity index (χ0n) is 12.0. The molecule has 0 saturated heterocycles. The number of nitrogens with zero attached hydrogens (tertiary/aromatic N) is 2. The predicted octanol–water partition coefficient (Wildman–Crippen LogP) is 3.14. The molecule has 1 aromatic heterocycles. The average molecular weight is 276 g/mol. The normalized spacial score (nSPS) is 14.2. The van der Waals surface area contributed by atoms with Gasteiger partial charge in [0.15, 0.2) is 0 Å². The lowest BCUT2D eigenvalue weighted by molar-refractivity contribution is 0.174. The molecule has 0 radical (unpaired) electrons. The van der Waals surface area contributed by atoms with Crippen molar-refractivity contribution in [2.45, 2.75) is 45.3 Å². The van der Waals surface area contributed by atoms with Crippen LogP contribution in [0.15, 0.2) is 36.5 Å². The van der Waals surface area contributed by atoms with Gasteiger partial charge in [0.1, 0.15) is 5.82 Å².